The third kappa shape index (κ3) is 4.30. The highest BCUT2D eigenvalue weighted by Crippen LogP contribution is 2.13. The molecule has 1 aromatic rings. The number of carbonyl (C=O) groups is 1. The molecule has 18 heavy (non-hydrogen) atoms. The predicted molar refractivity (Wildman–Crippen MR) is 68.6 cm³/mol. The number of carbonyl (C=O) groups excluding carboxylic acids is 1. The standard InChI is InChI=1S/C14H18FNO2/c1-10(14(17)18-3)7-8-16-11(2)12-5-4-6-13(15)9-12/h4-7,9,11,16H,8H2,1-3H3/b10-7+. The van der Waals surface area contributed by atoms with E-state index in [2.05, 4.69) is 10.1 Å². The van der Waals surface area contributed by atoms with E-state index in [4.69, 9.17) is 0 Å². The van der Waals surface area contributed by atoms with Crippen molar-refractivity contribution in [1.29, 1.82) is 0 Å². The van der Waals surface area contributed by atoms with Gasteiger partial charge in [-0.1, -0.05) is 18.2 Å². The highest BCUT2D eigenvalue weighted by Gasteiger charge is 2.06. The minimum absolute atomic E-state index is 0.0161. The number of rotatable bonds is 5. The van der Waals surface area contributed by atoms with Gasteiger partial charge in [-0.15, -0.1) is 0 Å². The Kier molecular flexibility index (Phi) is 5.52. The molecule has 0 saturated heterocycles. The Balaban J connectivity index is 2.52. The van der Waals surface area contributed by atoms with Crippen molar-refractivity contribution in [1.82, 2.24) is 5.32 Å². The second-order valence-corrected chi connectivity index (χ2v) is 4.06. The van der Waals surface area contributed by atoms with Crippen LogP contribution in [0, 0.1) is 5.82 Å². The maximum absolute atomic E-state index is 13.0. The van der Waals surface area contributed by atoms with E-state index in [9.17, 15) is 9.18 Å². The maximum Gasteiger partial charge on any atom is 0.333 e. The van der Waals surface area contributed by atoms with E-state index in [-0.39, 0.29) is 17.8 Å². The molecular formula is C14H18FNO2. The van der Waals surface area contributed by atoms with Crippen LogP contribution in [0.25, 0.3) is 0 Å². The second-order valence-electron chi connectivity index (χ2n) is 4.06. The molecule has 4 heteroatoms. The lowest BCUT2D eigenvalue weighted by molar-refractivity contribution is -0.136. The largest absolute Gasteiger partial charge is 0.466 e. The van der Waals surface area contributed by atoms with Crippen molar-refractivity contribution in [2.45, 2.75) is 19.9 Å². The lowest BCUT2D eigenvalue weighted by Gasteiger charge is -2.13. The summed E-state index contributed by atoms with van der Waals surface area (Å²) in [6.07, 6.45) is 1.75. The molecular weight excluding hydrogens is 233 g/mol. The Bertz CT molecular complexity index is 443. The molecule has 0 spiro atoms. The minimum atomic E-state index is -0.338. The molecule has 1 aromatic carbocycles. The summed E-state index contributed by atoms with van der Waals surface area (Å²) >= 11 is 0. The molecule has 0 radical (unpaired) electrons. The first kappa shape index (κ1) is 14.4. The molecule has 0 aliphatic rings. The number of hydrogen-bond donors (Lipinski definition) is 1. The van der Waals surface area contributed by atoms with Gasteiger partial charge in [0.1, 0.15) is 5.82 Å². The third-order valence-corrected chi connectivity index (χ3v) is 2.69. The first-order chi connectivity index (χ1) is 8.54. The van der Waals surface area contributed by atoms with Gasteiger partial charge in [0.25, 0.3) is 0 Å². The van der Waals surface area contributed by atoms with E-state index in [1.54, 1.807) is 19.1 Å². The predicted octanol–water partition coefficient (Wildman–Crippen LogP) is 2.60. The highest BCUT2D eigenvalue weighted by atomic mass is 19.1. The van der Waals surface area contributed by atoms with Gasteiger partial charge in [-0.05, 0) is 31.5 Å². The van der Waals surface area contributed by atoms with E-state index in [1.165, 1.54) is 19.2 Å². The van der Waals surface area contributed by atoms with Gasteiger partial charge in [0.2, 0.25) is 0 Å². The molecule has 0 bridgehead atoms. The fraction of sp³-hybridized carbons (Fsp3) is 0.357. The van der Waals surface area contributed by atoms with Gasteiger partial charge in [-0.3, -0.25) is 0 Å². The molecule has 3 nitrogen and oxygen atoms in total. The number of ether oxygens (including phenoxy) is 1. The van der Waals surface area contributed by atoms with Crippen LogP contribution < -0.4 is 5.32 Å². The Morgan fingerprint density at radius 1 is 1.56 bits per heavy atom. The normalized spacial score (nSPS) is 13.2. The van der Waals surface area contributed by atoms with Gasteiger partial charge < -0.3 is 10.1 Å². The SMILES string of the molecule is COC(=O)/C(C)=C/CNC(C)c1cccc(F)c1. The van der Waals surface area contributed by atoms with Crippen LogP contribution in [0.2, 0.25) is 0 Å². The fourth-order valence-electron chi connectivity index (χ4n) is 1.53. The number of methoxy groups -OCH3 is 1. The molecule has 1 unspecified atom stereocenters. The Labute approximate surface area is 107 Å². The van der Waals surface area contributed by atoms with Crippen molar-refractivity contribution >= 4 is 5.97 Å². The topological polar surface area (TPSA) is 38.3 Å². The number of nitrogens with one attached hydrogen (secondary N) is 1. The summed E-state index contributed by atoms with van der Waals surface area (Å²) in [5.74, 6) is -0.586. The van der Waals surface area contributed by atoms with Crippen molar-refractivity contribution < 1.29 is 13.9 Å². The first-order valence-electron chi connectivity index (χ1n) is 5.78. The summed E-state index contributed by atoms with van der Waals surface area (Å²) in [5, 5.41) is 3.19. The molecule has 1 N–H and O–H groups in total. The van der Waals surface area contributed by atoms with Gasteiger partial charge >= 0.3 is 5.97 Å². The average Bonchev–Trinajstić information content (AvgIpc) is 2.37. The number of esters is 1. The molecule has 1 atom stereocenters. The van der Waals surface area contributed by atoms with Gasteiger partial charge in [0, 0.05) is 18.2 Å². The zero-order valence-corrected chi connectivity index (χ0v) is 10.9. The van der Waals surface area contributed by atoms with Crippen molar-refractivity contribution in [2.75, 3.05) is 13.7 Å². The summed E-state index contributed by atoms with van der Waals surface area (Å²) in [5.41, 5.74) is 1.43. The lowest BCUT2D eigenvalue weighted by atomic mass is 10.1. The summed E-state index contributed by atoms with van der Waals surface area (Å²) < 4.78 is 17.6. The molecule has 0 aliphatic carbocycles. The number of halogens is 1. The molecule has 0 saturated carbocycles. The van der Waals surface area contributed by atoms with Gasteiger partial charge in [-0.25, -0.2) is 9.18 Å². The van der Waals surface area contributed by atoms with Crippen LogP contribution in [0.3, 0.4) is 0 Å². The van der Waals surface area contributed by atoms with E-state index in [0.29, 0.717) is 12.1 Å². The molecule has 0 amide bonds. The van der Waals surface area contributed by atoms with E-state index < -0.39 is 0 Å². The van der Waals surface area contributed by atoms with Crippen LogP contribution in [-0.4, -0.2) is 19.6 Å². The van der Waals surface area contributed by atoms with Crippen LogP contribution >= 0.6 is 0 Å². The van der Waals surface area contributed by atoms with Crippen LogP contribution in [0.5, 0.6) is 0 Å². The molecule has 0 heterocycles. The quantitative estimate of drug-likeness (QED) is 0.645. The Morgan fingerprint density at radius 2 is 2.28 bits per heavy atom. The smallest absolute Gasteiger partial charge is 0.333 e. The monoisotopic (exact) mass is 251 g/mol. The fourth-order valence-corrected chi connectivity index (χ4v) is 1.53. The van der Waals surface area contributed by atoms with Crippen LogP contribution in [0.4, 0.5) is 4.39 Å². The van der Waals surface area contributed by atoms with Gasteiger partial charge in [0.15, 0.2) is 0 Å². The number of hydrogen-bond acceptors (Lipinski definition) is 3. The summed E-state index contributed by atoms with van der Waals surface area (Å²) in [4.78, 5) is 11.1. The first-order valence-corrected chi connectivity index (χ1v) is 5.78. The Hall–Kier alpha value is -1.68. The zero-order chi connectivity index (χ0) is 13.5. The maximum atomic E-state index is 13.0. The van der Waals surface area contributed by atoms with Gasteiger partial charge in [0.05, 0.1) is 7.11 Å². The Morgan fingerprint density at radius 3 is 2.89 bits per heavy atom. The minimum Gasteiger partial charge on any atom is -0.466 e. The summed E-state index contributed by atoms with van der Waals surface area (Å²) in [6, 6.07) is 6.46. The van der Waals surface area contributed by atoms with Gasteiger partial charge in [-0.2, -0.15) is 0 Å². The highest BCUT2D eigenvalue weighted by molar-refractivity contribution is 5.87. The van der Waals surface area contributed by atoms with Crippen molar-refractivity contribution in [3.8, 4) is 0 Å². The summed E-state index contributed by atoms with van der Waals surface area (Å²) in [6.45, 7) is 4.16. The lowest BCUT2D eigenvalue weighted by Crippen LogP contribution is -2.19. The van der Waals surface area contributed by atoms with Crippen LogP contribution in [0.15, 0.2) is 35.9 Å². The van der Waals surface area contributed by atoms with E-state index in [1.807, 2.05) is 13.0 Å². The van der Waals surface area contributed by atoms with Crippen LogP contribution in [0.1, 0.15) is 25.5 Å². The van der Waals surface area contributed by atoms with E-state index in [0.717, 1.165) is 5.56 Å². The molecule has 1 rings (SSSR count). The average molecular weight is 251 g/mol. The van der Waals surface area contributed by atoms with Crippen LogP contribution in [-0.2, 0) is 9.53 Å². The molecule has 98 valence electrons. The molecule has 0 fully saturated rings. The summed E-state index contributed by atoms with van der Waals surface area (Å²) in [7, 11) is 1.35. The van der Waals surface area contributed by atoms with Crippen molar-refractivity contribution in [3.63, 3.8) is 0 Å². The second kappa shape index (κ2) is 6.91. The third-order valence-electron chi connectivity index (χ3n) is 2.69. The zero-order valence-electron chi connectivity index (χ0n) is 10.9. The van der Waals surface area contributed by atoms with Crippen molar-refractivity contribution in [3.05, 3.63) is 47.3 Å². The molecule has 0 aliphatic heterocycles. The molecule has 0 aromatic heterocycles. The van der Waals surface area contributed by atoms with E-state index >= 15 is 0 Å². The van der Waals surface area contributed by atoms with Crippen molar-refractivity contribution in [2.24, 2.45) is 0 Å². The number of benzene rings is 1.